The van der Waals surface area contributed by atoms with Crippen LogP contribution in [0.5, 0.6) is 0 Å². The molecule has 3 aromatic rings. The average molecular weight is 481 g/mol. The van der Waals surface area contributed by atoms with E-state index < -0.39 is 0 Å². The molecule has 2 aliphatic rings. The molecule has 0 spiro atoms. The lowest BCUT2D eigenvalue weighted by Crippen LogP contribution is -2.53. The Labute approximate surface area is 197 Å². The number of fused-ring (bicyclic) bond motifs is 1. The zero-order valence-corrected chi connectivity index (χ0v) is 19.2. The monoisotopic (exact) mass is 479 g/mol. The largest absolute Gasteiger partial charge is 0.368 e. The van der Waals surface area contributed by atoms with Crippen LogP contribution < -0.4 is 10.2 Å². The quantitative estimate of drug-likeness (QED) is 0.585. The molecule has 31 heavy (non-hydrogen) atoms. The number of imidazole rings is 1. The first-order chi connectivity index (χ1) is 14.6. The molecule has 0 bridgehead atoms. The maximum atomic E-state index is 12.6. The SMILES string of the molecule is Cl.O=C([C@H]1CCCN1)N1CCN(c2ccc(Cl)c(-c3nc4ccc(Cl)cc4[nH]3)c2)CC1. The minimum Gasteiger partial charge on any atom is -0.368 e. The van der Waals surface area contributed by atoms with Crippen molar-refractivity contribution in [1.29, 1.82) is 0 Å². The number of piperazine rings is 1. The topological polar surface area (TPSA) is 64.3 Å². The van der Waals surface area contributed by atoms with E-state index in [1.54, 1.807) is 0 Å². The average Bonchev–Trinajstić information content (AvgIpc) is 3.43. The third-order valence-electron chi connectivity index (χ3n) is 5.96. The molecule has 5 rings (SSSR count). The summed E-state index contributed by atoms with van der Waals surface area (Å²) in [5, 5.41) is 4.61. The summed E-state index contributed by atoms with van der Waals surface area (Å²) in [7, 11) is 0. The Kier molecular flexibility index (Phi) is 6.63. The number of nitrogens with zero attached hydrogens (tertiary/aromatic N) is 3. The lowest BCUT2D eigenvalue weighted by molar-refractivity contribution is -0.133. The van der Waals surface area contributed by atoms with E-state index in [4.69, 9.17) is 23.2 Å². The normalized spacial score (nSPS) is 19.0. The number of H-pyrrole nitrogens is 1. The van der Waals surface area contributed by atoms with Crippen molar-refractivity contribution in [3.63, 3.8) is 0 Å². The molecule has 6 nitrogen and oxygen atoms in total. The summed E-state index contributed by atoms with van der Waals surface area (Å²) in [6.45, 7) is 4.01. The van der Waals surface area contributed by atoms with Crippen molar-refractivity contribution in [2.45, 2.75) is 18.9 Å². The molecule has 0 radical (unpaired) electrons. The van der Waals surface area contributed by atoms with Gasteiger partial charge in [0.05, 0.1) is 22.1 Å². The summed E-state index contributed by atoms with van der Waals surface area (Å²) >= 11 is 12.6. The number of nitrogens with one attached hydrogen (secondary N) is 2. The highest BCUT2D eigenvalue weighted by Crippen LogP contribution is 2.32. The van der Waals surface area contributed by atoms with E-state index in [1.165, 1.54) is 0 Å². The molecule has 1 atom stereocenters. The van der Waals surface area contributed by atoms with Crippen LogP contribution in [0.15, 0.2) is 36.4 Å². The van der Waals surface area contributed by atoms with Crippen molar-refractivity contribution in [2.24, 2.45) is 0 Å². The van der Waals surface area contributed by atoms with Gasteiger partial charge >= 0.3 is 0 Å². The highest BCUT2D eigenvalue weighted by Gasteiger charge is 2.29. The van der Waals surface area contributed by atoms with E-state index in [1.807, 2.05) is 35.2 Å². The van der Waals surface area contributed by atoms with Crippen LogP contribution in [0, 0.1) is 0 Å². The molecule has 2 saturated heterocycles. The van der Waals surface area contributed by atoms with Gasteiger partial charge in [0, 0.05) is 42.5 Å². The Morgan fingerprint density at radius 2 is 1.87 bits per heavy atom. The predicted octanol–water partition coefficient (Wildman–Crippen LogP) is 4.36. The minimum atomic E-state index is 0. The molecule has 2 aromatic carbocycles. The van der Waals surface area contributed by atoms with Gasteiger partial charge in [0.25, 0.3) is 0 Å². The molecule has 3 heterocycles. The second-order valence-electron chi connectivity index (χ2n) is 7.87. The number of hydrogen-bond donors (Lipinski definition) is 2. The van der Waals surface area contributed by atoms with Gasteiger partial charge in [-0.3, -0.25) is 4.79 Å². The summed E-state index contributed by atoms with van der Waals surface area (Å²) in [5.41, 5.74) is 3.67. The summed E-state index contributed by atoms with van der Waals surface area (Å²) in [4.78, 5) is 24.9. The van der Waals surface area contributed by atoms with Gasteiger partial charge in [0.15, 0.2) is 0 Å². The fourth-order valence-electron chi connectivity index (χ4n) is 4.30. The van der Waals surface area contributed by atoms with E-state index in [2.05, 4.69) is 26.3 Å². The first-order valence-electron chi connectivity index (χ1n) is 10.3. The third-order valence-corrected chi connectivity index (χ3v) is 6.53. The molecule has 0 unspecified atom stereocenters. The van der Waals surface area contributed by atoms with Gasteiger partial charge in [-0.05, 0) is 55.8 Å². The van der Waals surface area contributed by atoms with Crippen LogP contribution in [-0.4, -0.2) is 59.5 Å². The molecule has 2 aliphatic heterocycles. The van der Waals surface area contributed by atoms with Crippen molar-refractivity contribution < 1.29 is 4.79 Å². The van der Waals surface area contributed by atoms with Crippen LogP contribution in [0.25, 0.3) is 22.4 Å². The van der Waals surface area contributed by atoms with E-state index >= 15 is 0 Å². The summed E-state index contributed by atoms with van der Waals surface area (Å²) in [6.07, 6.45) is 2.03. The van der Waals surface area contributed by atoms with Gasteiger partial charge in [-0.1, -0.05) is 23.2 Å². The second-order valence-corrected chi connectivity index (χ2v) is 8.72. The van der Waals surface area contributed by atoms with Crippen molar-refractivity contribution in [2.75, 3.05) is 37.6 Å². The van der Waals surface area contributed by atoms with Crippen LogP contribution in [0.4, 0.5) is 5.69 Å². The van der Waals surface area contributed by atoms with Gasteiger partial charge in [-0.2, -0.15) is 0 Å². The van der Waals surface area contributed by atoms with Gasteiger partial charge in [0.2, 0.25) is 5.91 Å². The standard InChI is InChI=1S/C22H23Cl2N5O.ClH/c23-14-3-6-18-20(12-14)27-21(26-18)16-13-15(4-5-17(16)24)28-8-10-29(11-9-28)22(30)19-2-1-7-25-19;/h3-6,12-13,19,25H,1-2,7-11H2,(H,26,27);1H/t19-;/m1./s1. The van der Waals surface area contributed by atoms with Gasteiger partial charge in [-0.15, -0.1) is 12.4 Å². The fourth-order valence-corrected chi connectivity index (χ4v) is 4.68. The number of aromatic nitrogens is 2. The molecular formula is C22H24Cl3N5O. The molecule has 2 fully saturated rings. The van der Waals surface area contributed by atoms with Crippen molar-refractivity contribution in [1.82, 2.24) is 20.2 Å². The maximum absolute atomic E-state index is 12.6. The Balaban J connectivity index is 0.00000231. The van der Waals surface area contributed by atoms with Crippen molar-refractivity contribution in [3.8, 4) is 11.4 Å². The van der Waals surface area contributed by atoms with Gasteiger partial charge < -0.3 is 20.1 Å². The number of hydrogen-bond acceptors (Lipinski definition) is 4. The number of rotatable bonds is 3. The number of amides is 1. The Morgan fingerprint density at radius 3 is 2.61 bits per heavy atom. The number of aromatic amines is 1. The summed E-state index contributed by atoms with van der Waals surface area (Å²) in [5.74, 6) is 0.963. The Morgan fingerprint density at radius 1 is 1.06 bits per heavy atom. The van der Waals surface area contributed by atoms with Gasteiger partial charge in [0.1, 0.15) is 5.82 Å². The van der Waals surface area contributed by atoms with E-state index in [0.717, 1.165) is 73.7 Å². The smallest absolute Gasteiger partial charge is 0.239 e. The maximum Gasteiger partial charge on any atom is 0.239 e. The van der Waals surface area contributed by atoms with E-state index in [-0.39, 0.29) is 24.4 Å². The van der Waals surface area contributed by atoms with Crippen LogP contribution >= 0.6 is 35.6 Å². The Bertz CT molecular complexity index is 1090. The molecule has 9 heteroatoms. The second kappa shape index (κ2) is 9.25. The molecule has 0 saturated carbocycles. The zero-order chi connectivity index (χ0) is 20.7. The van der Waals surface area contributed by atoms with E-state index in [0.29, 0.717) is 10.0 Å². The van der Waals surface area contributed by atoms with Crippen LogP contribution in [0.3, 0.4) is 0 Å². The van der Waals surface area contributed by atoms with Gasteiger partial charge in [-0.25, -0.2) is 4.98 Å². The number of anilines is 1. The molecule has 1 aromatic heterocycles. The van der Waals surface area contributed by atoms with Crippen LogP contribution in [-0.2, 0) is 4.79 Å². The lowest BCUT2D eigenvalue weighted by atomic mass is 10.1. The van der Waals surface area contributed by atoms with Crippen LogP contribution in [0.2, 0.25) is 10.0 Å². The molecule has 164 valence electrons. The predicted molar refractivity (Wildman–Crippen MR) is 129 cm³/mol. The highest BCUT2D eigenvalue weighted by molar-refractivity contribution is 6.33. The number of halogens is 3. The summed E-state index contributed by atoms with van der Waals surface area (Å²) < 4.78 is 0. The molecular weight excluding hydrogens is 457 g/mol. The first kappa shape index (κ1) is 22.2. The molecule has 2 N–H and O–H groups in total. The van der Waals surface area contributed by atoms with Crippen LogP contribution in [0.1, 0.15) is 12.8 Å². The number of carbonyl (C=O) groups is 1. The third kappa shape index (κ3) is 4.48. The fraction of sp³-hybridized carbons (Fsp3) is 0.364. The highest BCUT2D eigenvalue weighted by atomic mass is 35.5. The first-order valence-corrected chi connectivity index (χ1v) is 11.1. The number of benzene rings is 2. The molecule has 1 amide bonds. The minimum absolute atomic E-state index is 0. The van der Waals surface area contributed by atoms with Crippen molar-refractivity contribution in [3.05, 3.63) is 46.4 Å². The lowest BCUT2D eigenvalue weighted by Gasteiger charge is -2.37. The van der Waals surface area contributed by atoms with E-state index in [9.17, 15) is 4.79 Å². The molecule has 0 aliphatic carbocycles. The van der Waals surface area contributed by atoms with Crippen molar-refractivity contribution >= 4 is 58.2 Å². The number of carbonyl (C=O) groups excluding carboxylic acids is 1. The Hall–Kier alpha value is -1.99. The zero-order valence-electron chi connectivity index (χ0n) is 16.9. The summed E-state index contributed by atoms with van der Waals surface area (Å²) in [6, 6.07) is 11.6.